The molecule has 0 spiro atoms. The standard InChI is InChI=1S/C19H24N4O/c1-14(2)23-12-15(17-8-4-5-9-18(17)23)7-6-10-19(24)21-16-11-20-22(3)13-16/h4-5,8-9,11-14H,6-7,10H2,1-3H3,(H,21,24). The van der Waals surface area contributed by atoms with E-state index in [0.717, 1.165) is 18.5 Å². The predicted molar refractivity (Wildman–Crippen MR) is 97.1 cm³/mol. The van der Waals surface area contributed by atoms with Gasteiger partial charge in [0.1, 0.15) is 0 Å². The molecule has 3 aromatic rings. The Labute approximate surface area is 142 Å². The number of anilines is 1. The molecule has 0 aliphatic rings. The Hall–Kier alpha value is -2.56. The Bertz CT molecular complexity index is 844. The first kappa shape index (κ1) is 16.3. The molecule has 1 N–H and O–H groups in total. The maximum atomic E-state index is 12.0. The van der Waals surface area contributed by atoms with Crippen LogP contribution in [0.4, 0.5) is 5.69 Å². The third kappa shape index (κ3) is 3.50. The van der Waals surface area contributed by atoms with E-state index in [2.05, 4.69) is 59.3 Å². The number of para-hydroxylation sites is 1. The smallest absolute Gasteiger partial charge is 0.224 e. The number of benzene rings is 1. The molecule has 1 amide bonds. The molecule has 1 aromatic carbocycles. The maximum absolute atomic E-state index is 12.0. The SMILES string of the molecule is CC(C)n1cc(CCCC(=O)Nc2cnn(C)c2)c2ccccc21. The van der Waals surface area contributed by atoms with E-state index < -0.39 is 0 Å². The molecule has 0 fully saturated rings. The highest BCUT2D eigenvalue weighted by molar-refractivity contribution is 5.90. The molecule has 0 saturated heterocycles. The summed E-state index contributed by atoms with van der Waals surface area (Å²) < 4.78 is 3.98. The number of carbonyl (C=O) groups excluding carboxylic acids is 1. The lowest BCUT2D eigenvalue weighted by atomic mass is 10.1. The number of aryl methyl sites for hydroxylation is 2. The largest absolute Gasteiger partial charge is 0.345 e. The summed E-state index contributed by atoms with van der Waals surface area (Å²) in [5, 5.41) is 8.22. The number of fused-ring (bicyclic) bond motifs is 1. The fourth-order valence-electron chi connectivity index (χ4n) is 3.05. The Morgan fingerprint density at radius 3 is 2.75 bits per heavy atom. The van der Waals surface area contributed by atoms with Gasteiger partial charge in [-0.15, -0.1) is 0 Å². The van der Waals surface area contributed by atoms with E-state index in [9.17, 15) is 4.79 Å². The molecule has 0 bridgehead atoms. The summed E-state index contributed by atoms with van der Waals surface area (Å²) >= 11 is 0. The molecule has 0 aliphatic carbocycles. The highest BCUT2D eigenvalue weighted by Crippen LogP contribution is 2.25. The monoisotopic (exact) mass is 324 g/mol. The van der Waals surface area contributed by atoms with Crippen LogP contribution in [0.3, 0.4) is 0 Å². The van der Waals surface area contributed by atoms with Gasteiger partial charge < -0.3 is 9.88 Å². The molecule has 24 heavy (non-hydrogen) atoms. The van der Waals surface area contributed by atoms with Crippen LogP contribution in [-0.2, 0) is 18.3 Å². The first-order chi connectivity index (χ1) is 11.5. The van der Waals surface area contributed by atoms with Crippen LogP contribution in [0.15, 0.2) is 42.9 Å². The van der Waals surface area contributed by atoms with Gasteiger partial charge in [0.25, 0.3) is 0 Å². The number of carbonyl (C=O) groups is 1. The van der Waals surface area contributed by atoms with Gasteiger partial charge >= 0.3 is 0 Å². The summed E-state index contributed by atoms with van der Waals surface area (Å²) in [4.78, 5) is 12.0. The maximum Gasteiger partial charge on any atom is 0.224 e. The highest BCUT2D eigenvalue weighted by atomic mass is 16.1. The third-order valence-electron chi connectivity index (χ3n) is 4.22. The van der Waals surface area contributed by atoms with Gasteiger partial charge in [0, 0.05) is 42.8 Å². The molecule has 2 aromatic heterocycles. The van der Waals surface area contributed by atoms with Gasteiger partial charge in [0.2, 0.25) is 5.91 Å². The van der Waals surface area contributed by atoms with Crippen molar-refractivity contribution in [3.63, 3.8) is 0 Å². The van der Waals surface area contributed by atoms with Crippen molar-refractivity contribution >= 4 is 22.5 Å². The van der Waals surface area contributed by atoms with Crippen molar-refractivity contribution in [1.82, 2.24) is 14.3 Å². The third-order valence-corrected chi connectivity index (χ3v) is 4.22. The molecular formula is C19H24N4O. The average molecular weight is 324 g/mol. The second-order valence-corrected chi connectivity index (χ2v) is 6.48. The lowest BCUT2D eigenvalue weighted by Gasteiger charge is -2.08. The number of nitrogens with one attached hydrogen (secondary N) is 1. The first-order valence-corrected chi connectivity index (χ1v) is 8.41. The second kappa shape index (κ2) is 6.91. The van der Waals surface area contributed by atoms with Gasteiger partial charge in [-0.25, -0.2) is 0 Å². The minimum Gasteiger partial charge on any atom is -0.345 e. The summed E-state index contributed by atoms with van der Waals surface area (Å²) in [5.41, 5.74) is 3.33. The Morgan fingerprint density at radius 1 is 1.25 bits per heavy atom. The lowest BCUT2D eigenvalue weighted by Crippen LogP contribution is -2.10. The number of hydrogen-bond donors (Lipinski definition) is 1. The summed E-state index contributed by atoms with van der Waals surface area (Å²) in [6.07, 6.45) is 7.94. The van der Waals surface area contributed by atoms with Crippen molar-refractivity contribution in [3.05, 3.63) is 48.4 Å². The van der Waals surface area contributed by atoms with Crippen molar-refractivity contribution in [1.29, 1.82) is 0 Å². The molecule has 0 unspecified atom stereocenters. The van der Waals surface area contributed by atoms with Crippen LogP contribution >= 0.6 is 0 Å². The Kier molecular flexibility index (Phi) is 4.69. The Morgan fingerprint density at radius 2 is 2.04 bits per heavy atom. The van der Waals surface area contributed by atoms with E-state index in [1.165, 1.54) is 16.5 Å². The number of aromatic nitrogens is 3. The zero-order valence-electron chi connectivity index (χ0n) is 14.5. The molecule has 126 valence electrons. The van der Waals surface area contributed by atoms with Crippen molar-refractivity contribution in [2.75, 3.05) is 5.32 Å². The van der Waals surface area contributed by atoms with Crippen molar-refractivity contribution in [2.24, 2.45) is 7.05 Å². The van der Waals surface area contributed by atoms with E-state index in [0.29, 0.717) is 12.5 Å². The second-order valence-electron chi connectivity index (χ2n) is 6.48. The van der Waals surface area contributed by atoms with E-state index in [4.69, 9.17) is 0 Å². The topological polar surface area (TPSA) is 51.9 Å². The molecule has 5 heteroatoms. The van der Waals surface area contributed by atoms with E-state index in [1.54, 1.807) is 17.1 Å². The fraction of sp³-hybridized carbons (Fsp3) is 0.368. The van der Waals surface area contributed by atoms with Gasteiger partial charge in [0.15, 0.2) is 0 Å². The molecule has 0 aliphatic heterocycles. The number of amides is 1. The highest BCUT2D eigenvalue weighted by Gasteiger charge is 2.11. The fourth-order valence-corrected chi connectivity index (χ4v) is 3.05. The van der Waals surface area contributed by atoms with E-state index in [-0.39, 0.29) is 5.91 Å². The van der Waals surface area contributed by atoms with Gasteiger partial charge in [-0.1, -0.05) is 18.2 Å². The van der Waals surface area contributed by atoms with Crippen LogP contribution < -0.4 is 5.32 Å². The van der Waals surface area contributed by atoms with Gasteiger partial charge in [0.05, 0.1) is 11.9 Å². The lowest BCUT2D eigenvalue weighted by molar-refractivity contribution is -0.116. The number of rotatable bonds is 6. The van der Waals surface area contributed by atoms with Crippen molar-refractivity contribution in [3.8, 4) is 0 Å². The zero-order valence-corrected chi connectivity index (χ0v) is 14.5. The molecule has 3 rings (SSSR count). The van der Waals surface area contributed by atoms with Gasteiger partial charge in [-0.3, -0.25) is 9.48 Å². The van der Waals surface area contributed by atoms with Crippen LogP contribution in [-0.4, -0.2) is 20.3 Å². The van der Waals surface area contributed by atoms with Crippen molar-refractivity contribution < 1.29 is 4.79 Å². The van der Waals surface area contributed by atoms with Gasteiger partial charge in [-0.2, -0.15) is 5.10 Å². The summed E-state index contributed by atoms with van der Waals surface area (Å²) in [6, 6.07) is 8.91. The quantitative estimate of drug-likeness (QED) is 0.747. The first-order valence-electron chi connectivity index (χ1n) is 8.41. The summed E-state index contributed by atoms with van der Waals surface area (Å²) in [5.74, 6) is 0.0376. The molecule has 0 atom stereocenters. The van der Waals surface area contributed by atoms with Crippen LogP contribution in [0.2, 0.25) is 0 Å². The minimum absolute atomic E-state index is 0.0376. The molecule has 0 saturated carbocycles. The molecular weight excluding hydrogens is 300 g/mol. The summed E-state index contributed by atoms with van der Waals surface area (Å²) in [7, 11) is 1.83. The van der Waals surface area contributed by atoms with Crippen LogP contribution in [0.5, 0.6) is 0 Å². The van der Waals surface area contributed by atoms with E-state index in [1.807, 2.05) is 7.05 Å². The van der Waals surface area contributed by atoms with Crippen molar-refractivity contribution in [2.45, 2.75) is 39.2 Å². The summed E-state index contributed by atoms with van der Waals surface area (Å²) in [6.45, 7) is 4.38. The van der Waals surface area contributed by atoms with Crippen LogP contribution in [0, 0.1) is 0 Å². The normalized spacial score (nSPS) is 11.3. The molecule has 0 radical (unpaired) electrons. The minimum atomic E-state index is 0.0376. The van der Waals surface area contributed by atoms with Crippen LogP contribution in [0.25, 0.3) is 10.9 Å². The predicted octanol–water partition coefficient (Wildman–Crippen LogP) is 3.92. The zero-order chi connectivity index (χ0) is 17.1. The van der Waals surface area contributed by atoms with E-state index >= 15 is 0 Å². The number of nitrogens with zero attached hydrogens (tertiary/aromatic N) is 3. The van der Waals surface area contributed by atoms with Crippen LogP contribution in [0.1, 0.15) is 38.3 Å². The van der Waals surface area contributed by atoms with Gasteiger partial charge in [-0.05, 0) is 38.3 Å². The average Bonchev–Trinajstić information content (AvgIpc) is 3.11. The molecule has 5 nitrogen and oxygen atoms in total. The number of hydrogen-bond acceptors (Lipinski definition) is 2. The molecule has 2 heterocycles. The Balaban J connectivity index is 1.62.